The Labute approximate surface area is 76.5 Å². The Morgan fingerprint density at radius 2 is 2.15 bits per heavy atom. The molecule has 0 heterocycles. The highest BCUT2D eigenvalue weighted by Crippen LogP contribution is 2.12. The zero-order chi connectivity index (χ0) is 9.68. The predicted octanol–water partition coefficient (Wildman–Crippen LogP) is 1.80. The van der Waals surface area contributed by atoms with Crippen LogP contribution in [0.1, 0.15) is 12.0 Å². The highest BCUT2D eigenvalue weighted by Gasteiger charge is 1.94. The molecule has 0 radical (unpaired) electrons. The van der Waals surface area contributed by atoms with Gasteiger partial charge in [-0.1, -0.05) is 12.2 Å². The Morgan fingerprint density at radius 3 is 2.77 bits per heavy atom. The number of hydrogen-bond acceptors (Lipinski definition) is 2. The van der Waals surface area contributed by atoms with Crippen LogP contribution < -0.4 is 5.73 Å². The van der Waals surface area contributed by atoms with Crippen molar-refractivity contribution in [3.05, 3.63) is 35.7 Å². The third kappa shape index (κ3) is 3.25. The van der Waals surface area contributed by atoms with Crippen LogP contribution in [0.25, 0.3) is 6.08 Å². The molecule has 1 aromatic rings. The van der Waals surface area contributed by atoms with Gasteiger partial charge in [-0.2, -0.15) is 0 Å². The molecule has 3 heteroatoms. The summed E-state index contributed by atoms with van der Waals surface area (Å²) in [5, 5.41) is 8.50. The van der Waals surface area contributed by atoms with E-state index in [1.807, 2.05) is 0 Å². The van der Waals surface area contributed by atoms with Gasteiger partial charge in [-0.25, -0.2) is 4.39 Å². The van der Waals surface area contributed by atoms with E-state index in [-0.39, 0.29) is 12.4 Å². The van der Waals surface area contributed by atoms with E-state index in [4.69, 9.17) is 10.8 Å². The fourth-order valence-corrected chi connectivity index (χ4v) is 1.03. The summed E-state index contributed by atoms with van der Waals surface area (Å²) in [7, 11) is 0. The molecule has 13 heavy (non-hydrogen) atoms. The van der Waals surface area contributed by atoms with Gasteiger partial charge >= 0.3 is 0 Å². The molecular formula is C10H12FNO. The Bertz CT molecular complexity index is 290. The fraction of sp³-hybridized carbons (Fsp3) is 0.200. The summed E-state index contributed by atoms with van der Waals surface area (Å²) < 4.78 is 12.8. The van der Waals surface area contributed by atoms with Crippen molar-refractivity contribution in [2.24, 2.45) is 0 Å². The number of nitrogen functional groups attached to an aromatic ring is 1. The van der Waals surface area contributed by atoms with Crippen LogP contribution in [0.15, 0.2) is 24.3 Å². The van der Waals surface area contributed by atoms with Crippen molar-refractivity contribution in [3.8, 4) is 0 Å². The standard InChI is InChI=1S/C10H12FNO/c11-9-5-8(3-1-2-4-13)6-10(12)7-9/h1,3,5-7,13H,2,4,12H2. The summed E-state index contributed by atoms with van der Waals surface area (Å²) in [6.07, 6.45) is 4.07. The summed E-state index contributed by atoms with van der Waals surface area (Å²) >= 11 is 0. The molecule has 0 fully saturated rings. The van der Waals surface area contributed by atoms with Gasteiger partial charge in [0.05, 0.1) is 0 Å². The summed E-state index contributed by atoms with van der Waals surface area (Å²) in [6.45, 7) is 0.0985. The molecule has 1 aromatic carbocycles. The second kappa shape index (κ2) is 4.62. The molecule has 0 amide bonds. The molecule has 2 nitrogen and oxygen atoms in total. The number of rotatable bonds is 3. The molecular weight excluding hydrogens is 169 g/mol. The van der Waals surface area contributed by atoms with Crippen molar-refractivity contribution >= 4 is 11.8 Å². The molecule has 70 valence electrons. The maximum absolute atomic E-state index is 12.8. The molecule has 0 aromatic heterocycles. The number of hydrogen-bond donors (Lipinski definition) is 2. The Kier molecular flexibility index (Phi) is 3.46. The molecule has 0 bridgehead atoms. The highest BCUT2D eigenvalue weighted by atomic mass is 19.1. The zero-order valence-electron chi connectivity index (χ0n) is 7.20. The zero-order valence-corrected chi connectivity index (χ0v) is 7.20. The topological polar surface area (TPSA) is 46.2 Å². The van der Waals surface area contributed by atoms with E-state index >= 15 is 0 Å². The lowest BCUT2D eigenvalue weighted by Crippen LogP contribution is -1.87. The fourth-order valence-electron chi connectivity index (χ4n) is 1.03. The number of halogens is 1. The lowest BCUT2D eigenvalue weighted by Gasteiger charge is -1.97. The van der Waals surface area contributed by atoms with Gasteiger partial charge in [-0.05, 0) is 30.2 Å². The first-order valence-electron chi connectivity index (χ1n) is 4.06. The van der Waals surface area contributed by atoms with Gasteiger partial charge in [-0.15, -0.1) is 0 Å². The smallest absolute Gasteiger partial charge is 0.125 e. The van der Waals surface area contributed by atoms with Crippen molar-refractivity contribution in [2.45, 2.75) is 6.42 Å². The normalized spacial score (nSPS) is 10.9. The van der Waals surface area contributed by atoms with Crippen molar-refractivity contribution in [1.29, 1.82) is 0 Å². The van der Waals surface area contributed by atoms with Gasteiger partial charge in [-0.3, -0.25) is 0 Å². The first-order valence-corrected chi connectivity index (χ1v) is 4.06. The van der Waals surface area contributed by atoms with Gasteiger partial charge < -0.3 is 10.8 Å². The van der Waals surface area contributed by atoms with Crippen LogP contribution in [0.5, 0.6) is 0 Å². The molecule has 0 unspecified atom stereocenters. The Hall–Kier alpha value is -1.35. The van der Waals surface area contributed by atoms with Gasteiger partial charge in [0.1, 0.15) is 5.82 Å². The van der Waals surface area contributed by atoms with Gasteiger partial charge in [0.25, 0.3) is 0 Å². The third-order valence-electron chi connectivity index (χ3n) is 1.55. The Morgan fingerprint density at radius 1 is 1.38 bits per heavy atom. The monoisotopic (exact) mass is 181 g/mol. The van der Waals surface area contributed by atoms with Crippen LogP contribution in [0.3, 0.4) is 0 Å². The summed E-state index contributed by atoms with van der Waals surface area (Å²) in [6, 6.07) is 4.34. The highest BCUT2D eigenvalue weighted by molar-refractivity contribution is 5.55. The lowest BCUT2D eigenvalue weighted by molar-refractivity contribution is 0.303. The van der Waals surface area contributed by atoms with Crippen molar-refractivity contribution < 1.29 is 9.50 Å². The molecule has 0 saturated carbocycles. The second-order valence-corrected chi connectivity index (χ2v) is 2.73. The molecule has 0 aliphatic carbocycles. The predicted molar refractivity (Wildman–Crippen MR) is 51.5 cm³/mol. The SMILES string of the molecule is Nc1cc(F)cc(C=CCCO)c1. The minimum atomic E-state index is -0.344. The quantitative estimate of drug-likeness (QED) is 0.698. The van der Waals surface area contributed by atoms with Gasteiger partial charge in [0.15, 0.2) is 0 Å². The summed E-state index contributed by atoms with van der Waals surface area (Å²) in [5.41, 5.74) is 6.56. The molecule has 1 rings (SSSR count). The van der Waals surface area contributed by atoms with E-state index in [0.717, 1.165) is 0 Å². The van der Waals surface area contributed by atoms with E-state index < -0.39 is 0 Å². The van der Waals surface area contributed by atoms with E-state index in [9.17, 15) is 4.39 Å². The molecule has 0 aliphatic heterocycles. The third-order valence-corrected chi connectivity index (χ3v) is 1.55. The molecule has 3 N–H and O–H groups in total. The first kappa shape index (κ1) is 9.74. The van der Waals surface area contributed by atoms with E-state index in [1.165, 1.54) is 12.1 Å². The first-order chi connectivity index (χ1) is 6.22. The number of nitrogens with two attached hydrogens (primary N) is 1. The second-order valence-electron chi connectivity index (χ2n) is 2.73. The van der Waals surface area contributed by atoms with Gasteiger partial charge in [0.2, 0.25) is 0 Å². The minimum absolute atomic E-state index is 0.0985. The van der Waals surface area contributed by atoms with Crippen molar-refractivity contribution in [2.75, 3.05) is 12.3 Å². The van der Waals surface area contributed by atoms with Crippen molar-refractivity contribution in [1.82, 2.24) is 0 Å². The molecule has 0 aliphatic rings. The molecule has 0 saturated heterocycles. The minimum Gasteiger partial charge on any atom is -0.399 e. The van der Waals surface area contributed by atoms with Crippen LogP contribution in [0.4, 0.5) is 10.1 Å². The van der Waals surface area contributed by atoms with Crippen LogP contribution in [-0.4, -0.2) is 11.7 Å². The number of aliphatic hydroxyl groups is 1. The lowest BCUT2D eigenvalue weighted by atomic mass is 10.2. The molecule has 0 atom stereocenters. The summed E-state index contributed by atoms with van der Waals surface area (Å²) in [5.74, 6) is -0.344. The number of anilines is 1. The van der Waals surface area contributed by atoms with Crippen LogP contribution >= 0.6 is 0 Å². The largest absolute Gasteiger partial charge is 0.399 e. The Balaban J connectivity index is 2.77. The summed E-state index contributed by atoms with van der Waals surface area (Å²) in [4.78, 5) is 0. The average Bonchev–Trinajstić information content (AvgIpc) is 2.03. The van der Waals surface area contributed by atoms with E-state index in [0.29, 0.717) is 17.7 Å². The van der Waals surface area contributed by atoms with E-state index in [1.54, 1.807) is 18.2 Å². The number of benzene rings is 1. The maximum Gasteiger partial charge on any atom is 0.125 e. The van der Waals surface area contributed by atoms with Crippen LogP contribution in [-0.2, 0) is 0 Å². The van der Waals surface area contributed by atoms with Crippen LogP contribution in [0, 0.1) is 5.82 Å². The van der Waals surface area contributed by atoms with E-state index in [2.05, 4.69) is 0 Å². The van der Waals surface area contributed by atoms with Crippen molar-refractivity contribution in [3.63, 3.8) is 0 Å². The van der Waals surface area contributed by atoms with Crippen LogP contribution in [0.2, 0.25) is 0 Å². The number of aliphatic hydroxyl groups excluding tert-OH is 1. The molecule has 0 spiro atoms. The van der Waals surface area contributed by atoms with Gasteiger partial charge in [0, 0.05) is 12.3 Å². The average molecular weight is 181 g/mol. The maximum atomic E-state index is 12.8.